The molecule has 1 aliphatic heterocycles. The quantitative estimate of drug-likeness (QED) is 0.568. The van der Waals surface area contributed by atoms with Crippen LogP contribution in [0.5, 0.6) is 0 Å². The monoisotopic (exact) mass is 374 g/mol. The molecule has 3 nitrogen and oxygen atoms in total. The van der Waals surface area contributed by atoms with Crippen LogP contribution in [0.3, 0.4) is 0 Å². The van der Waals surface area contributed by atoms with Crippen molar-refractivity contribution in [2.45, 2.75) is 0 Å². The number of anilines is 2. The molecule has 1 amide bonds. The summed E-state index contributed by atoms with van der Waals surface area (Å²) in [6.45, 7) is 0. The summed E-state index contributed by atoms with van der Waals surface area (Å²) in [4.78, 5) is 16.9. The Morgan fingerprint density at radius 1 is 1.17 bits per heavy atom. The van der Waals surface area contributed by atoms with Crippen molar-refractivity contribution in [2.24, 2.45) is 0 Å². The molecule has 1 saturated heterocycles. The number of carbonyl (C=O) groups excluding carboxylic acids is 1. The Hall–Kier alpha value is -1.82. The Labute approximate surface area is 155 Å². The number of rotatable bonds is 3. The van der Waals surface area contributed by atoms with Crippen LogP contribution in [0.1, 0.15) is 5.56 Å². The van der Waals surface area contributed by atoms with Gasteiger partial charge in [0.1, 0.15) is 0 Å². The maximum atomic E-state index is 12.7. The van der Waals surface area contributed by atoms with E-state index in [4.69, 9.17) is 23.8 Å². The molecule has 0 radical (unpaired) electrons. The number of carbonyl (C=O) groups is 1. The van der Waals surface area contributed by atoms with Crippen molar-refractivity contribution in [3.63, 3.8) is 0 Å². The Morgan fingerprint density at radius 3 is 2.50 bits per heavy atom. The minimum Gasteiger partial charge on any atom is -0.378 e. The van der Waals surface area contributed by atoms with Crippen LogP contribution in [0.25, 0.3) is 6.08 Å². The maximum absolute atomic E-state index is 12.7. The van der Waals surface area contributed by atoms with E-state index < -0.39 is 0 Å². The van der Waals surface area contributed by atoms with Gasteiger partial charge in [-0.15, -0.1) is 0 Å². The van der Waals surface area contributed by atoms with Crippen molar-refractivity contribution in [2.75, 3.05) is 23.9 Å². The molecule has 0 unspecified atom stereocenters. The number of thioether (sulfide) groups is 1. The first-order valence-corrected chi connectivity index (χ1v) is 8.87. The minimum atomic E-state index is -0.121. The van der Waals surface area contributed by atoms with E-state index in [2.05, 4.69) is 0 Å². The number of halogens is 1. The molecule has 0 N–H and O–H groups in total. The molecule has 122 valence electrons. The van der Waals surface area contributed by atoms with Gasteiger partial charge in [0.2, 0.25) is 0 Å². The van der Waals surface area contributed by atoms with Crippen LogP contribution in [0.4, 0.5) is 11.4 Å². The number of amides is 1. The van der Waals surface area contributed by atoms with Crippen molar-refractivity contribution in [3.8, 4) is 0 Å². The van der Waals surface area contributed by atoms with Gasteiger partial charge in [-0.2, -0.15) is 0 Å². The van der Waals surface area contributed by atoms with E-state index in [1.54, 1.807) is 18.2 Å². The summed E-state index contributed by atoms with van der Waals surface area (Å²) in [5.41, 5.74) is 2.77. The molecule has 3 rings (SSSR count). The molecule has 0 spiro atoms. The summed E-state index contributed by atoms with van der Waals surface area (Å²) in [6, 6.07) is 15.1. The molecule has 0 aliphatic carbocycles. The second-order valence-electron chi connectivity index (χ2n) is 5.48. The van der Waals surface area contributed by atoms with Gasteiger partial charge in [0.25, 0.3) is 5.91 Å². The SMILES string of the molecule is CN(C)c1ccc(/C=C2/SC(=S)N(c3cccc(Cl)c3)C2=O)cc1. The molecule has 24 heavy (non-hydrogen) atoms. The van der Waals surface area contributed by atoms with Gasteiger partial charge in [-0.3, -0.25) is 9.69 Å². The fraction of sp³-hybridized carbons (Fsp3) is 0.111. The topological polar surface area (TPSA) is 23.6 Å². The van der Waals surface area contributed by atoms with Crippen molar-refractivity contribution < 1.29 is 4.79 Å². The lowest BCUT2D eigenvalue weighted by molar-refractivity contribution is -0.113. The first kappa shape index (κ1) is 17.0. The zero-order valence-electron chi connectivity index (χ0n) is 13.2. The highest BCUT2D eigenvalue weighted by Gasteiger charge is 2.33. The molecule has 0 saturated carbocycles. The van der Waals surface area contributed by atoms with Gasteiger partial charge in [-0.25, -0.2) is 0 Å². The van der Waals surface area contributed by atoms with E-state index in [1.807, 2.05) is 55.4 Å². The van der Waals surface area contributed by atoms with Crippen LogP contribution in [0, 0.1) is 0 Å². The lowest BCUT2D eigenvalue weighted by atomic mass is 10.2. The number of hydrogen-bond donors (Lipinski definition) is 0. The highest BCUT2D eigenvalue weighted by molar-refractivity contribution is 8.27. The van der Waals surface area contributed by atoms with Crippen molar-refractivity contribution in [1.29, 1.82) is 0 Å². The van der Waals surface area contributed by atoms with Gasteiger partial charge in [0.15, 0.2) is 4.32 Å². The van der Waals surface area contributed by atoms with Gasteiger partial charge in [0.05, 0.1) is 10.6 Å². The first-order valence-electron chi connectivity index (χ1n) is 7.26. The molecule has 2 aromatic carbocycles. The third-order valence-corrected chi connectivity index (χ3v) is 5.10. The lowest BCUT2D eigenvalue weighted by Gasteiger charge is -2.14. The van der Waals surface area contributed by atoms with E-state index >= 15 is 0 Å². The van der Waals surface area contributed by atoms with Crippen molar-refractivity contribution in [1.82, 2.24) is 0 Å². The Morgan fingerprint density at radius 2 is 1.88 bits per heavy atom. The van der Waals surface area contributed by atoms with Crippen LogP contribution in [-0.4, -0.2) is 24.3 Å². The van der Waals surface area contributed by atoms with E-state index in [0.717, 1.165) is 11.3 Å². The van der Waals surface area contributed by atoms with Crippen molar-refractivity contribution >= 4 is 63.3 Å². The Bertz CT molecular complexity index is 831. The molecule has 1 aliphatic rings. The Kier molecular flexibility index (Phi) is 4.94. The summed E-state index contributed by atoms with van der Waals surface area (Å²) in [6.07, 6.45) is 1.86. The molecule has 2 aromatic rings. The third kappa shape index (κ3) is 3.48. The third-order valence-electron chi connectivity index (χ3n) is 3.57. The molecule has 6 heteroatoms. The number of thiocarbonyl (C=S) groups is 1. The lowest BCUT2D eigenvalue weighted by Crippen LogP contribution is -2.27. The summed E-state index contributed by atoms with van der Waals surface area (Å²) in [5, 5.41) is 0.574. The molecule has 0 bridgehead atoms. The molecule has 1 heterocycles. The van der Waals surface area contributed by atoms with Gasteiger partial charge < -0.3 is 4.90 Å². The van der Waals surface area contributed by atoms with Crippen LogP contribution >= 0.6 is 35.6 Å². The van der Waals surface area contributed by atoms with Crippen LogP contribution in [0.15, 0.2) is 53.4 Å². The van der Waals surface area contributed by atoms with Gasteiger partial charge >= 0.3 is 0 Å². The van der Waals surface area contributed by atoms with Crippen LogP contribution in [-0.2, 0) is 4.79 Å². The van der Waals surface area contributed by atoms with Crippen LogP contribution in [0.2, 0.25) is 5.02 Å². The largest absolute Gasteiger partial charge is 0.378 e. The zero-order chi connectivity index (χ0) is 17.3. The summed E-state index contributed by atoms with van der Waals surface area (Å²) in [7, 11) is 3.98. The maximum Gasteiger partial charge on any atom is 0.270 e. The van der Waals surface area contributed by atoms with E-state index in [1.165, 1.54) is 16.7 Å². The summed E-state index contributed by atoms with van der Waals surface area (Å²) in [5.74, 6) is -0.121. The van der Waals surface area contributed by atoms with E-state index in [0.29, 0.717) is 19.9 Å². The average molecular weight is 375 g/mol. The standard InChI is InChI=1S/C18H15ClN2OS2/c1-20(2)14-8-6-12(7-9-14)10-16-17(22)21(18(23)24-16)15-5-3-4-13(19)11-15/h3-11H,1-2H3/b16-10+. The number of nitrogens with zero attached hydrogens (tertiary/aromatic N) is 2. The fourth-order valence-electron chi connectivity index (χ4n) is 2.33. The molecular formula is C18H15ClN2OS2. The van der Waals surface area contributed by atoms with Gasteiger partial charge in [0, 0.05) is 24.8 Å². The minimum absolute atomic E-state index is 0.121. The fourth-order valence-corrected chi connectivity index (χ4v) is 3.81. The first-order chi connectivity index (χ1) is 11.5. The molecule has 1 fully saturated rings. The average Bonchev–Trinajstić information content (AvgIpc) is 2.82. The molecular weight excluding hydrogens is 360 g/mol. The van der Waals surface area contributed by atoms with E-state index in [9.17, 15) is 4.79 Å². The van der Waals surface area contributed by atoms with E-state index in [-0.39, 0.29) is 5.91 Å². The molecule has 0 aromatic heterocycles. The highest BCUT2D eigenvalue weighted by Crippen LogP contribution is 2.36. The molecule has 0 atom stereocenters. The predicted octanol–water partition coefficient (Wildman–Crippen LogP) is 4.81. The zero-order valence-corrected chi connectivity index (χ0v) is 15.6. The second-order valence-corrected chi connectivity index (χ2v) is 7.60. The van der Waals surface area contributed by atoms with Crippen LogP contribution < -0.4 is 9.80 Å². The number of hydrogen-bond acceptors (Lipinski definition) is 4. The summed E-state index contributed by atoms with van der Waals surface area (Å²) >= 11 is 12.7. The summed E-state index contributed by atoms with van der Waals surface area (Å²) < 4.78 is 0.512. The number of benzene rings is 2. The smallest absolute Gasteiger partial charge is 0.270 e. The second kappa shape index (κ2) is 6.97. The highest BCUT2D eigenvalue weighted by atomic mass is 35.5. The van der Waals surface area contributed by atoms with Crippen molar-refractivity contribution in [3.05, 3.63) is 64.0 Å². The van der Waals surface area contributed by atoms with Gasteiger partial charge in [-0.1, -0.05) is 53.8 Å². The predicted molar refractivity (Wildman–Crippen MR) is 108 cm³/mol. The van der Waals surface area contributed by atoms with Gasteiger partial charge in [-0.05, 0) is 42.0 Å². The normalized spacial score (nSPS) is 16.1. The Balaban J connectivity index is 1.88.